The van der Waals surface area contributed by atoms with E-state index in [9.17, 15) is 9.59 Å². The van der Waals surface area contributed by atoms with Crippen molar-refractivity contribution in [3.63, 3.8) is 0 Å². The van der Waals surface area contributed by atoms with Gasteiger partial charge in [-0.25, -0.2) is 0 Å². The van der Waals surface area contributed by atoms with Crippen LogP contribution in [0, 0.1) is 12.8 Å². The molecule has 0 spiro atoms. The second-order valence-corrected chi connectivity index (χ2v) is 7.21. The molecule has 5 nitrogen and oxygen atoms in total. The summed E-state index contributed by atoms with van der Waals surface area (Å²) in [7, 11) is 1.71. The maximum Gasteiger partial charge on any atom is 0.243 e. The molecule has 1 aliphatic heterocycles. The number of aryl methyl sites for hydroxylation is 1. The van der Waals surface area contributed by atoms with Gasteiger partial charge in [-0.2, -0.15) is 0 Å². The number of rotatable bonds is 4. The van der Waals surface area contributed by atoms with E-state index in [2.05, 4.69) is 10.6 Å². The zero-order valence-corrected chi connectivity index (χ0v) is 15.8. The lowest BCUT2D eigenvalue weighted by molar-refractivity contribution is -0.134. The molecule has 2 aliphatic rings. The topological polar surface area (TPSA) is 61.4 Å². The summed E-state index contributed by atoms with van der Waals surface area (Å²) in [4.78, 5) is 26.3. The molecule has 138 valence electrons. The highest BCUT2D eigenvalue weighted by Gasteiger charge is 2.39. The number of hydrogen-bond donors (Lipinski definition) is 2. The summed E-state index contributed by atoms with van der Waals surface area (Å²) < 4.78 is 0. The Morgan fingerprint density at radius 2 is 1.88 bits per heavy atom. The fraction of sp³-hybridized carbons (Fsp3) is 0.579. The van der Waals surface area contributed by atoms with Gasteiger partial charge in [0, 0.05) is 18.8 Å². The number of hydrogen-bond acceptors (Lipinski definition) is 3. The van der Waals surface area contributed by atoms with Gasteiger partial charge < -0.3 is 15.5 Å². The van der Waals surface area contributed by atoms with Crippen molar-refractivity contribution >= 4 is 29.9 Å². The van der Waals surface area contributed by atoms with Gasteiger partial charge in [-0.1, -0.05) is 30.5 Å². The quantitative estimate of drug-likeness (QED) is 0.862. The van der Waals surface area contributed by atoms with Crippen LogP contribution in [0.3, 0.4) is 0 Å². The van der Waals surface area contributed by atoms with Crippen molar-refractivity contribution in [2.75, 3.05) is 18.9 Å². The van der Waals surface area contributed by atoms with Crippen molar-refractivity contribution < 1.29 is 9.59 Å². The monoisotopic (exact) mass is 365 g/mol. The highest BCUT2D eigenvalue weighted by atomic mass is 35.5. The van der Waals surface area contributed by atoms with E-state index in [0.29, 0.717) is 12.0 Å². The lowest BCUT2D eigenvalue weighted by Crippen LogP contribution is -2.46. The van der Waals surface area contributed by atoms with Crippen molar-refractivity contribution in [3.05, 3.63) is 29.8 Å². The number of carbonyl (C=O) groups excluding carboxylic acids is 2. The zero-order chi connectivity index (χ0) is 17.1. The Morgan fingerprint density at radius 3 is 2.56 bits per heavy atom. The van der Waals surface area contributed by atoms with Gasteiger partial charge in [0.15, 0.2) is 0 Å². The van der Waals surface area contributed by atoms with E-state index in [1.165, 1.54) is 25.7 Å². The minimum atomic E-state index is -0.162. The Morgan fingerprint density at radius 1 is 1.20 bits per heavy atom. The van der Waals surface area contributed by atoms with Crippen molar-refractivity contribution in [1.82, 2.24) is 10.2 Å². The highest BCUT2D eigenvalue weighted by molar-refractivity contribution is 5.95. The molecule has 2 N–H and O–H groups in total. The first-order chi connectivity index (χ1) is 11.5. The van der Waals surface area contributed by atoms with Crippen LogP contribution in [0.1, 0.15) is 37.7 Å². The van der Waals surface area contributed by atoms with Crippen LogP contribution in [0.4, 0.5) is 5.69 Å². The number of carbonyl (C=O) groups is 2. The van der Waals surface area contributed by atoms with E-state index >= 15 is 0 Å². The second-order valence-electron chi connectivity index (χ2n) is 7.21. The molecule has 1 aromatic rings. The summed E-state index contributed by atoms with van der Waals surface area (Å²) in [5.74, 6) is 0.496. The third-order valence-corrected chi connectivity index (χ3v) is 5.25. The lowest BCUT2D eigenvalue weighted by Gasteiger charge is -2.24. The lowest BCUT2D eigenvalue weighted by atomic mass is 9.85. The van der Waals surface area contributed by atoms with Gasteiger partial charge in [-0.15, -0.1) is 12.4 Å². The van der Waals surface area contributed by atoms with Crippen LogP contribution in [0.2, 0.25) is 0 Å². The third kappa shape index (κ3) is 4.95. The SMILES string of the molecule is Cc1ccc(NC(=O)CN(C)C(=O)C2CC3CCCCC3N2)cc1.Cl. The largest absolute Gasteiger partial charge is 0.335 e. The molecule has 0 bridgehead atoms. The summed E-state index contributed by atoms with van der Waals surface area (Å²) in [6, 6.07) is 8.01. The van der Waals surface area contributed by atoms with E-state index in [4.69, 9.17) is 0 Å². The Bertz CT molecular complexity index is 591. The van der Waals surface area contributed by atoms with Gasteiger partial charge in [0.05, 0.1) is 12.6 Å². The molecule has 3 rings (SSSR count). The fourth-order valence-electron chi connectivity index (χ4n) is 3.91. The molecule has 1 saturated heterocycles. The van der Waals surface area contributed by atoms with Crippen LogP contribution in [0.5, 0.6) is 0 Å². The number of fused-ring (bicyclic) bond motifs is 1. The summed E-state index contributed by atoms with van der Waals surface area (Å²) in [5, 5.41) is 6.32. The van der Waals surface area contributed by atoms with Crippen molar-refractivity contribution in [1.29, 1.82) is 0 Å². The van der Waals surface area contributed by atoms with Crippen LogP contribution in [0.25, 0.3) is 0 Å². The van der Waals surface area contributed by atoms with Crippen molar-refractivity contribution in [2.24, 2.45) is 5.92 Å². The molecule has 1 heterocycles. The summed E-state index contributed by atoms with van der Waals surface area (Å²) in [6.45, 7) is 2.09. The fourth-order valence-corrected chi connectivity index (χ4v) is 3.91. The summed E-state index contributed by atoms with van der Waals surface area (Å²) in [5.41, 5.74) is 1.91. The molecular weight excluding hydrogens is 338 g/mol. The maximum atomic E-state index is 12.6. The molecule has 1 aliphatic carbocycles. The zero-order valence-electron chi connectivity index (χ0n) is 15.0. The number of nitrogens with one attached hydrogen (secondary N) is 2. The van der Waals surface area contributed by atoms with E-state index in [1.54, 1.807) is 11.9 Å². The maximum absolute atomic E-state index is 12.6. The third-order valence-electron chi connectivity index (χ3n) is 5.25. The van der Waals surface area contributed by atoms with Gasteiger partial charge in [-0.3, -0.25) is 9.59 Å². The average Bonchev–Trinajstić information content (AvgIpc) is 3.00. The van der Waals surface area contributed by atoms with E-state index < -0.39 is 0 Å². The van der Waals surface area contributed by atoms with Gasteiger partial charge >= 0.3 is 0 Å². The second kappa shape index (κ2) is 8.68. The number of anilines is 1. The van der Waals surface area contributed by atoms with Crippen LogP contribution in [0.15, 0.2) is 24.3 Å². The molecular formula is C19H28ClN3O2. The van der Waals surface area contributed by atoms with Crippen molar-refractivity contribution in [2.45, 2.75) is 51.1 Å². The molecule has 1 aromatic carbocycles. The smallest absolute Gasteiger partial charge is 0.243 e. The van der Waals surface area contributed by atoms with Gasteiger partial charge in [0.25, 0.3) is 0 Å². The van der Waals surface area contributed by atoms with Crippen molar-refractivity contribution in [3.8, 4) is 0 Å². The van der Waals surface area contributed by atoms with Crippen LogP contribution >= 0.6 is 12.4 Å². The van der Waals surface area contributed by atoms with Gasteiger partial charge in [-0.05, 0) is 44.2 Å². The standard InChI is InChI=1S/C19H27N3O2.ClH/c1-13-7-9-15(10-8-13)20-18(23)12-22(2)19(24)17-11-14-5-3-4-6-16(14)21-17;/h7-10,14,16-17,21H,3-6,11-12H2,1-2H3,(H,20,23);1H. The van der Waals surface area contributed by atoms with Crippen LogP contribution in [-0.2, 0) is 9.59 Å². The van der Waals surface area contributed by atoms with Gasteiger partial charge in [0.1, 0.15) is 0 Å². The molecule has 25 heavy (non-hydrogen) atoms. The summed E-state index contributed by atoms with van der Waals surface area (Å²) in [6.07, 6.45) is 5.83. The number of amides is 2. The number of halogens is 1. The van der Waals surface area contributed by atoms with E-state index in [-0.39, 0.29) is 36.8 Å². The van der Waals surface area contributed by atoms with E-state index in [0.717, 1.165) is 17.7 Å². The number of benzene rings is 1. The Hall–Kier alpha value is -1.59. The number of nitrogens with zero attached hydrogens (tertiary/aromatic N) is 1. The number of likely N-dealkylation sites (N-methyl/N-ethyl adjacent to an activating group) is 1. The van der Waals surface area contributed by atoms with Gasteiger partial charge in [0.2, 0.25) is 11.8 Å². The Balaban J connectivity index is 0.00000225. The van der Waals surface area contributed by atoms with Crippen LogP contribution < -0.4 is 10.6 Å². The molecule has 1 saturated carbocycles. The Kier molecular flexibility index (Phi) is 6.85. The first kappa shape index (κ1) is 19.7. The summed E-state index contributed by atoms with van der Waals surface area (Å²) >= 11 is 0. The normalized spacial score (nSPS) is 24.8. The first-order valence-electron chi connectivity index (χ1n) is 8.90. The predicted molar refractivity (Wildman–Crippen MR) is 102 cm³/mol. The van der Waals surface area contributed by atoms with E-state index in [1.807, 2.05) is 31.2 Å². The molecule has 6 heteroatoms. The first-order valence-corrected chi connectivity index (χ1v) is 8.90. The molecule has 0 aromatic heterocycles. The molecule has 2 fully saturated rings. The molecule has 0 radical (unpaired) electrons. The molecule has 3 unspecified atom stereocenters. The Labute approximate surface area is 155 Å². The van der Waals surface area contributed by atoms with Crippen LogP contribution in [-0.4, -0.2) is 42.4 Å². The molecule has 2 amide bonds. The average molecular weight is 366 g/mol. The minimum absolute atomic E-state index is 0. The highest BCUT2D eigenvalue weighted by Crippen LogP contribution is 2.33. The molecule has 3 atom stereocenters. The minimum Gasteiger partial charge on any atom is -0.335 e. The predicted octanol–water partition coefficient (Wildman–Crippen LogP) is 2.73.